The van der Waals surface area contributed by atoms with Gasteiger partial charge < -0.3 is 10.2 Å². The Bertz CT molecular complexity index is 431. The van der Waals surface area contributed by atoms with Crippen LogP contribution in [0.25, 0.3) is 0 Å². The highest BCUT2D eigenvalue weighted by molar-refractivity contribution is 5.26. The third-order valence-electron chi connectivity index (χ3n) is 4.11. The van der Waals surface area contributed by atoms with Gasteiger partial charge in [-0.3, -0.25) is 0 Å². The molecule has 0 saturated carbocycles. The molecular formula is C15H21F3N2. The van der Waals surface area contributed by atoms with Crippen molar-refractivity contribution in [2.45, 2.75) is 44.6 Å². The van der Waals surface area contributed by atoms with Crippen LogP contribution in [-0.4, -0.2) is 30.6 Å². The maximum atomic E-state index is 12.5. The summed E-state index contributed by atoms with van der Waals surface area (Å²) >= 11 is 0. The first-order chi connectivity index (χ1) is 9.27. The van der Waals surface area contributed by atoms with Gasteiger partial charge >= 0.3 is 6.18 Å². The number of rotatable bonds is 3. The fourth-order valence-corrected chi connectivity index (χ4v) is 2.73. The molecule has 1 aliphatic rings. The molecule has 112 valence electrons. The van der Waals surface area contributed by atoms with E-state index >= 15 is 0 Å². The second kappa shape index (κ2) is 5.74. The SMILES string of the molecule is CC(NC1CC(C)N(C)C1)c1ccc(C(F)(F)F)cc1. The number of alkyl halides is 3. The molecule has 0 aliphatic carbocycles. The predicted octanol–water partition coefficient (Wildman–Crippen LogP) is 3.45. The summed E-state index contributed by atoms with van der Waals surface area (Å²) in [6.45, 7) is 5.15. The molecule has 1 heterocycles. The molecule has 3 unspecified atom stereocenters. The van der Waals surface area contributed by atoms with E-state index in [1.807, 2.05) is 6.92 Å². The minimum absolute atomic E-state index is 0.0565. The summed E-state index contributed by atoms with van der Waals surface area (Å²) in [6, 6.07) is 6.42. The highest BCUT2D eigenvalue weighted by Crippen LogP contribution is 2.30. The Morgan fingerprint density at radius 3 is 2.30 bits per heavy atom. The Balaban J connectivity index is 1.98. The van der Waals surface area contributed by atoms with Crippen molar-refractivity contribution in [2.24, 2.45) is 0 Å². The van der Waals surface area contributed by atoms with Crippen molar-refractivity contribution < 1.29 is 13.2 Å². The largest absolute Gasteiger partial charge is 0.416 e. The summed E-state index contributed by atoms with van der Waals surface area (Å²) in [5.74, 6) is 0. The Labute approximate surface area is 118 Å². The lowest BCUT2D eigenvalue weighted by molar-refractivity contribution is -0.137. The van der Waals surface area contributed by atoms with Gasteiger partial charge in [-0.2, -0.15) is 13.2 Å². The van der Waals surface area contributed by atoms with Crippen LogP contribution in [0.15, 0.2) is 24.3 Å². The van der Waals surface area contributed by atoms with Crippen LogP contribution in [0, 0.1) is 0 Å². The fraction of sp³-hybridized carbons (Fsp3) is 0.600. The first kappa shape index (κ1) is 15.3. The maximum Gasteiger partial charge on any atom is 0.416 e. The standard InChI is InChI=1S/C15H21F3N2/c1-10-8-14(9-20(10)3)19-11(2)12-4-6-13(7-5-12)15(16,17)18/h4-7,10-11,14,19H,8-9H2,1-3H3. The summed E-state index contributed by atoms with van der Waals surface area (Å²) in [7, 11) is 2.09. The van der Waals surface area contributed by atoms with Crippen molar-refractivity contribution in [2.75, 3.05) is 13.6 Å². The number of nitrogens with one attached hydrogen (secondary N) is 1. The summed E-state index contributed by atoms with van der Waals surface area (Å²) in [5, 5.41) is 3.49. The van der Waals surface area contributed by atoms with E-state index in [0.29, 0.717) is 12.1 Å². The van der Waals surface area contributed by atoms with Crippen LogP contribution in [0.5, 0.6) is 0 Å². The van der Waals surface area contributed by atoms with Crippen molar-refractivity contribution in [3.8, 4) is 0 Å². The number of likely N-dealkylation sites (tertiary alicyclic amines) is 1. The van der Waals surface area contributed by atoms with E-state index in [2.05, 4.69) is 24.2 Å². The molecule has 1 aromatic carbocycles. The van der Waals surface area contributed by atoms with E-state index in [1.165, 1.54) is 0 Å². The average Bonchev–Trinajstić information content (AvgIpc) is 2.67. The molecular weight excluding hydrogens is 265 g/mol. The summed E-state index contributed by atoms with van der Waals surface area (Å²) in [4.78, 5) is 2.29. The molecule has 1 saturated heterocycles. The van der Waals surface area contributed by atoms with Crippen molar-refractivity contribution in [1.82, 2.24) is 10.2 Å². The number of hydrogen-bond donors (Lipinski definition) is 1. The van der Waals surface area contributed by atoms with Crippen LogP contribution >= 0.6 is 0 Å². The van der Waals surface area contributed by atoms with E-state index in [4.69, 9.17) is 0 Å². The van der Waals surface area contributed by atoms with Crippen molar-refractivity contribution >= 4 is 0 Å². The smallest absolute Gasteiger partial charge is 0.306 e. The molecule has 0 aromatic heterocycles. The molecule has 0 bridgehead atoms. The molecule has 20 heavy (non-hydrogen) atoms. The van der Waals surface area contributed by atoms with Crippen molar-refractivity contribution in [3.63, 3.8) is 0 Å². The van der Waals surface area contributed by atoms with Gasteiger partial charge in [0.2, 0.25) is 0 Å². The van der Waals surface area contributed by atoms with Gasteiger partial charge in [-0.25, -0.2) is 0 Å². The second-order valence-electron chi connectivity index (χ2n) is 5.73. The molecule has 0 amide bonds. The summed E-state index contributed by atoms with van der Waals surface area (Å²) in [5.41, 5.74) is 0.294. The molecule has 1 aromatic rings. The predicted molar refractivity (Wildman–Crippen MR) is 73.5 cm³/mol. The first-order valence-electron chi connectivity index (χ1n) is 6.91. The number of hydrogen-bond acceptors (Lipinski definition) is 2. The number of likely N-dealkylation sites (N-methyl/N-ethyl adjacent to an activating group) is 1. The zero-order valence-corrected chi connectivity index (χ0v) is 12.0. The lowest BCUT2D eigenvalue weighted by Gasteiger charge is -2.20. The lowest BCUT2D eigenvalue weighted by Crippen LogP contribution is -2.33. The van der Waals surface area contributed by atoms with Crippen LogP contribution in [0.1, 0.15) is 37.4 Å². The van der Waals surface area contributed by atoms with Gasteiger partial charge in [0.1, 0.15) is 0 Å². The van der Waals surface area contributed by atoms with Crippen molar-refractivity contribution in [1.29, 1.82) is 0 Å². The fourth-order valence-electron chi connectivity index (χ4n) is 2.73. The quantitative estimate of drug-likeness (QED) is 0.915. The highest BCUT2D eigenvalue weighted by Gasteiger charge is 2.30. The van der Waals surface area contributed by atoms with Gasteiger partial charge in [-0.1, -0.05) is 12.1 Å². The van der Waals surface area contributed by atoms with Crippen LogP contribution in [-0.2, 0) is 6.18 Å². The second-order valence-corrected chi connectivity index (χ2v) is 5.73. The minimum atomic E-state index is -4.27. The maximum absolute atomic E-state index is 12.5. The van der Waals surface area contributed by atoms with Crippen LogP contribution in [0.2, 0.25) is 0 Å². The minimum Gasteiger partial charge on any atom is -0.306 e. The Morgan fingerprint density at radius 1 is 1.25 bits per heavy atom. The molecule has 1 aliphatic heterocycles. The van der Waals surface area contributed by atoms with Gasteiger partial charge in [0.15, 0.2) is 0 Å². The third kappa shape index (κ3) is 3.52. The highest BCUT2D eigenvalue weighted by atomic mass is 19.4. The number of halogens is 3. The summed E-state index contributed by atoms with van der Waals surface area (Å²) in [6.07, 6.45) is -3.19. The van der Waals surface area contributed by atoms with E-state index < -0.39 is 11.7 Å². The van der Waals surface area contributed by atoms with Gasteiger partial charge in [0.05, 0.1) is 5.56 Å². The molecule has 0 radical (unpaired) electrons. The van der Waals surface area contributed by atoms with E-state index in [-0.39, 0.29) is 6.04 Å². The van der Waals surface area contributed by atoms with Crippen LogP contribution in [0.4, 0.5) is 13.2 Å². The number of nitrogens with zero attached hydrogens (tertiary/aromatic N) is 1. The van der Waals surface area contributed by atoms with Gasteiger partial charge in [-0.15, -0.1) is 0 Å². The Morgan fingerprint density at radius 2 is 1.85 bits per heavy atom. The molecule has 2 nitrogen and oxygen atoms in total. The van der Waals surface area contributed by atoms with E-state index in [9.17, 15) is 13.2 Å². The van der Waals surface area contributed by atoms with Gasteiger partial charge in [0, 0.05) is 24.7 Å². The molecule has 1 fully saturated rings. The Kier molecular flexibility index (Phi) is 4.39. The molecule has 3 atom stereocenters. The van der Waals surface area contributed by atoms with Gasteiger partial charge in [-0.05, 0) is 45.0 Å². The summed E-state index contributed by atoms with van der Waals surface area (Å²) < 4.78 is 37.5. The van der Waals surface area contributed by atoms with Crippen molar-refractivity contribution in [3.05, 3.63) is 35.4 Å². The zero-order chi connectivity index (χ0) is 14.9. The van der Waals surface area contributed by atoms with Crippen LogP contribution < -0.4 is 5.32 Å². The zero-order valence-electron chi connectivity index (χ0n) is 12.0. The van der Waals surface area contributed by atoms with Crippen LogP contribution in [0.3, 0.4) is 0 Å². The Hall–Kier alpha value is -1.07. The van der Waals surface area contributed by atoms with E-state index in [0.717, 1.165) is 30.7 Å². The average molecular weight is 286 g/mol. The number of benzene rings is 1. The molecule has 5 heteroatoms. The molecule has 1 N–H and O–H groups in total. The van der Waals surface area contributed by atoms with Gasteiger partial charge in [0.25, 0.3) is 0 Å². The normalized spacial score (nSPS) is 25.9. The first-order valence-corrected chi connectivity index (χ1v) is 6.91. The topological polar surface area (TPSA) is 15.3 Å². The monoisotopic (exact) mass is 286 g/mol. The third-order valence-corrected chi connectivity index (χ3v) is 4.11. The molecule has 0 spiro atoms. The lowest BCUT2D eigenvalue weighted by atomic mass is 10.0. The van der Waals surface area contributed by atoms with E-state index in [1.54, 1.807) is 12.1 Å². The molecule has 2 rings (SSSR count).